The number of amides is 1. The molecule has 0 spiro atoms. The molecule has 2 heterocycles. The number of anilines is 1. The number of aromatic nitrogens is 2. The van der Waals surface area contributed by atoms with Crippen LogP contribution < -0.4 is 4.90 Å². The highest BCUT2D eigenvalue weighted by molar-refractivity contribution is 7.89. The Kier molecular flexibility index (Phi) is 8.11. The van der Waals surface area contributed by atoms with Crippen LogP contribution >= 0.6 is 11.3 Å². The summed E-state index contributed by atoms with van der Waals surface area (Å²) in [7, 11) is -3.65. The first-order valence-corrected chi connectivity index (χ1v) is 15.7. The van der Waals surface area contributed by atoms with Crippen LogP contribution in [-0.4, -0.2) is 41.2 Å². The van der Waals surface area contributed by atoms with Gasteiger partial charge in [0, 0.05) is 30.5 Å². The van der Waals surface area contributed by atoms with E-state index in [0.29, 0.717) is 23.8 Å². The Morgan fingerprint density at radius 3 is 2.26 bits per heavy atom. The second kappa shape index (κ2) is 11.5. The van der Waals surface area contributed by atoms with Gasteiger partial charge < -0.3 is 0 Å². The van der Waals surface area contributed by atoms with Crippen molar-refractivity contribution >= 4 is 42.6 Å². The molecule has 2 aromatic heterocycles. The Hall–Kier alpha value is -3.14. The van der Waals surface area contributed by atoms with Crippen molar-refractivity contribution in [3.8, 4) is 0 Å². The number of hydrogen-bond acceptors (Lipinski definition) is 6. The lowest BCUT2D eigenvalue weighted by atomic mass is 9.95. The number of rotatable bonds is 8. The van der Waals surface area contributed by atoms with Gasteiger partial charge in [0.15, 0.2) is 5.13 Å². The fourth-order valence-electron chi connectivity index (χ4n) is 5.31. The van der Waals surface area contributed by atoms with Crippen molar-refractivity contribution in [3.05, 3.63) is 83.2 Å². The molecule has 1 saturated carbocycles. The molecule has 0 saturated heterocycles. The number of pyridine rings is 1. The number of carbonyl (C=O) groups excluding carboxylic acids is 1. The van der Waals surface area contributed by atoms with E-state index in [2.05, 4.69) is 11.1 Å². The zero-order chi connectivity index (χ0) is 27.6. The van der Waals surface area contributed by atoms with Crippen LogP contribution in [0.1, 0.15) is 66.1 Å². The van der Waals surface area contributed by atoms with E-state index in [0.717, 1.165) is 59.0 Å². The van der Waals surface area contributed by atoms with E-state index in [1.807, 2.05) is 39.0 Å². The molecular weight excluding hydrogens is 528 g/mol. The average Bonchev–Trinajstić information content (AvgIpc) is 3.42. The first-order chi connectivity index (χ1) is 18.8. The summed E-state index contributed by atoms with van der Waals surface area (Å²) in [6, 6.07) is 14.3. The maximum Gasteiger partial charge on any atom is 0.260 e. The molecule has 7 nitrogen and oxygen atoms in total. The van der Waals surface area contributed by atoms with Crippen LogP contribution in [0.2, 0.25) is 0 Å². The molecule has 4 aromatic rings. The van der Waals surface area contributed by atoms with Crippen molar-refractivity contribution in [2.24, 2.45) is 0 Å². The molecule has 1 aliphatic rings. The van der Waals surface area contributed by atoms with E-state index in [9.17, 15) is 13.2 Å². The van der Waals surface area contributed by atoms with Crippen LogP contribution in [0.25, 0.3) is 10.2 Å². The van der Waals surface area contributed by atoms with E-state index < -0.39 is 10.0 Å². The molecule has 5 rings (SSSR count). The van der Waals surface area contributed by atoms with Crippen molar-refractivity contribution in [2.75, 3.05) is 11.4 Å². The molecule has 204 valence electrons. The molecule has 0 radical (unpaired) electrons. The second-order valence-electron chi connectivity index (χ2n) is 10.1. The molecule has 0 atom stereocenters. The maximum absolute atomic E-state index is 13.9. The van der Waals surface area contributed by atoms with Crippen LogP contribution in [0.5, 0.6) is 0 Å². The zero-order valence-corrected chi connectivity index (χ0v) is 24.3. The van der Waals surface area contributed by atoms with Gasteiger partial charge in [-0.2, -0.15) is 4.31 Å². The Balaban J connectivity index is 1.47. The average molecular weight is 563 g/mol. The molecule has 0 aliphatic heterocycles. The lowest BCUT2D eigenvalue weighted by Crippen LogP contribution is -2.41. The molecule has 1 aliphatic carbocycles. The van der Waals surface area contributed by atoms with Gasteiger partial charge in [0.25, 0.3) is 5.91 Å². The predicted octanol–water partition coefficient (Wildman–Crippen LogP) is 6.50. The summed E-state index contributed by atoms with van der Waals surface area (Å²) in [5.41, 5.74) is 4.41. The molecule has 0 N–H and O–H groups in total. The Labute approximate surface area is 234 Å². The lowest BCUT2D eigenvalue weighted by Gasteiger charge is -2.32. The van der Waals surface area contributed by atoms with Gasteiger partial charge in [-0.3, -0.25) is 14.7 Å². The van der Waals surface area contributed by atoms with E-state index >= 15 is 0 Å². The van der Waals surface area contributed by atoms with Gasteiger partial charge >= 0.3 is 0 Å². The molecule has 1 fully saturated rings. The standard InChI is InChI=1S/C30H34N4O3S2/c1-4-34(25-8-6-5-7-9-25)39(36,37)26-14-12-24(13-15-26)29(35)33(20-23-16-18-31-19-17-23)30-32-27-21(2)10-11-22(3)28(27)38-30/h10-19,25H,4-9,20H2,1-3H3. The topological polar surface area (TPSA) is 83.5 Å². The number of benzene rings is 2. The molecule has 0 bridgehead atoms. The third-order valence-corrected chi connectivity index (χ3v) is 10.8. The van der Waals surface area contributed by atoms with Crippen LogP contribution in [0.4, 0.5) is 5.13 Å². The smallest absolute Gasteiger partial charge is 0.260 e. The number of fused-ring (bicyclic) bond motifs is 1. The Morgan fingerprint density at radius 2 is 1.62 bits per heavy atom. The maximum atomic E-state index is 13.9. The van der Waals surface area contributed by atoms with Gasteiger partial charge in [0.1, 0.15) is 0 Å². The summed E-state index contributed by atoms with van der Waals surface area (Å²) < 4.78 is 29.7. The molecule has 2 aromatic carbocycles. The van der Waals surface area contributed by atoms with E-state index in [4.69, 9.17) is 4.98 Å². The Morgan fingerprint density at radius 1 is 0.949 bits per heavy atom. The van der Waals surface area contributed by atoms with Crippen molar-refractivity contribution in [2.45, 2.75) is 70.4 Å². The van der Waals surface area contributed by atoms with Gasteiger partial charge in [-0.15, -0.1) is 0 Å². The van der Waals surface area contributed by atoms with Crippen molar-refractivity contribution in [1.29, 1.82) is 0 Å². The minimum Gasteiger partial charge on any atom is -0.279 e. The van der Waals surface area contributed by atoms with E-state index in [-0.39, 0.29) is 16.8 Å². The Bertz CT molecular complexity index is 1520. The number of hydrogen-bond donors (Lipinski definition) is 0. The number of sulfonamides is 1. The first kappa shape index (κ1) is 27.4. The summed E-state index contributed by atoms with van der Waals surface area (Å²) in [4.78, 5) is 24.8. The zero-order valence-electron chi connectivity index (χ0n) is 22.6. The highest BCUT2D eigenvalue weighted by atomic mass is 32.2. The fraction of sp³-hybridized carbons (Fsp3) is 0.367. The number of thiazole rings is 1. The molecule has 1 amide bonds. The van der Waals surface area contributed by atoms with E-state index in [1.54, 1.807) is 45.9 Å². The largest absolute Gasteiger partial charge is 0.279 e. The van der Waals surface area contributed by atoms with Crippen LogP contribution in [-0.2, 0) is 16.6 Å². The number of nitrogens with zero attached hydrogens (tertiary/aromatic N) is 4. The summed E-state index contributed by atoms with van der Waals surface area (Å²) in [6.07, 6.45) is 8.48. The van der Waals surface area contributed by atoms with Crippen LogP contribution in [0.3, 0.4) is 0 Å². The number of aryl methyl sites for hydroxylation is 2. The third-order valence-electron chi connectivity index (χ3n) is 7.50. The summed E-state index contributed by atoms with van der Waals surface area (Å²) in [6.45, 7) is 6.72. The fourth-order valence-corrected chi connectivity index (χ4v) is 8.12. The highest BCUT2D eigenvalue weighted by Gasteiger charge is 2.31. The second-order valence-corrected chi connectivity index (χ2v) is 13.0. The summed E-state index contributed by atoms with van der Waals surface area (Å²) >= 11 is 1.49. The van der Waals surface area contributed by atoms with Crippen LogP contribution in [0.15, 0.2) is 65.8 Å². The normalized spacial score (nSPS) is 14.7. The monoisotopic (exact) mass is 562 g/mol. The minimum absolute atomic E-state index is 0.0388. The number of carbonyl (C=O) groups is 1. The molecular formula is C30H34N4O3S2. The lowest BCUT2D eigenvalue weighted by molar-refractivity contribution is 0.0985. The molecule has 0 unspecified atom stereocenters. The summed E-state index contributed by atoms with van der Waals surface area (Å²) in [5, 5.41) is 0.607. The summed E-state index contributed by atoms with van der Waals surface area (Å²) in [5.74, 6) is -0.232. The molecule has 39 heavy (non-hydrogen) atoms. The van der Waals surface area contributed by atoms with Crippen molar-refractivity contribution in [1.82, 2.24) is 14.3 Å². The van der Waals surface area contributed by atoms with E-state index in [1.165, 1.54) is 11.3 Å². The van der Waals surface area contributed by atoms with Gasteiger partial charge in [-0.05, 0) is 79.8 Å². The minimum atomic E-state index is -3.65. The SMILES string of the molecule is CCN(C1CCCCC1)S(=O)(=O)c1ccc(C(=O)N(Cc2ccncc2)c2nc3c(C)ccc(C)c3s2)cc1. The first-order valence-electron chi connectivity index (χ1n) is 13.5. The van der Waals surface area contributed by atoms with Gasteiger partial charge in [0.05, 0.1) is 21.7 Å². The highest BCUT2D eigenvalue weighted by Crippen LogP contribution is 2.35. The molecule has 9 heteroatoms. The third kappa shape index (κ3) is 5.62. The van der Waals surface area contributed by atoms with Crippen molar-refractivity contribution < 1.29 is 13.2 Å². The van der Waals surface area contributed by atoms with Gasteiger partial charge in [0.2, 0.25) is 10.0 Å². The van der Waals surface area contributed by atoms with Gasteiger partial charge in [-0.1, -0.05) is 49.7 Å². The van der Waals surface area contributed by atoms with Crippen LogP contribution in [0, 0.1) is 13.8 Å². The van der Waals surface area contributed by atoms with Crippen molar-refractivity contribution in [3.63, 3.8) is 0 Å². The predicted molar refractivity (Wildman–Crippen MR) is 157 cm³/mol. The quantitative estimate of drug-likeness (QED) is 0.245. The van der Waals surface area contributed by atoms with Gasteiger partial charge in [-0.25, -0.2) is 13.4 Å².